The highest BCUT2D eigenvalue weighted by molar-refractivity contribution is 6.31. The van der Waals surface area contributed by atoms with E-state index in [-0.39, 0.29) is 53.0 Å². The molecule has 4 atom stereocenters. The molecule has 0 amide bonds. The third-order valence-electron chi connectivity index (χ3n) is 12.2. The van der Waals surface area contributed by atoms with E-state index in [4.69, 9.17) is 44.1 Å². The number of halogens is 2. The van der Waals surface area contributed by atoms with Gasteiger partial charge >= 0.3 is 11.9 Å². The SMILES string of the molecule is CCC1CC(C(C(=O)OC)[C@@](C)(N)c2ccc(CCC(C)(C)C)c(Cl)c2)C1.COC(=O)C(C1CC(CO)C1)[C@@](C)(N)c1ccc(CCC(C)(C)C)c(Cl)c1. The van der Waals surface area contributed by atoms with Gasteiger partial charge in [0.25, 0.3) is 0 Å². The van der Waals surface area contributed by atoms with Crippen LogP contribution in [0.3, 0.4) is 0 Å². The van der Waals surface area contributed by atoms with Crippen LogP contribution >= 0.6 is 23.2 Å². The van der Waals surface area contributed by atoms with E-state index in [1.165, 1.54) is 14.2 Å². The first-order valence-electron chi connectivity index (χ1n) is 19.9. The minimum atomic E-state index is -0.885. The molecule has 2 aromatic carbocycles. The molecule has 2 unspecified atom stereocenters. The molecule has 0 aromatic heterocycles. The van der Waals surface area contributed by atoms with Gasteiger partial charge in [0.15, 0.2) is 0 Å². The number of benzene rings is 2. The van der Waals surface area contributed by atoms with Crippen molar-refractivity contribution in [2.75, 3.05) is 20.8 Å². The highest BCUT2D eigenvalue weighted by Crippen LogP contribution is 2.48. The van der Waals surface area contributed by atoms with E-state index in [1.807, 2.05) is 44.2 Å². The van der Waals surface area contributed by atoms with Crippen LogP contribution in [0.25, 0.3) is 0 Å². The predicted molar refractivity (Wildman–Crippen MR) is 222 cm³/mol. The van der Waals surface area contributed by atoms with Crippen LogP contribution in [0.5, 0.6) is 0 Å². The fourth-order valence-electron chi connectivity index (χ4n) is 8.26. The summed E-state index contributed by atoms with van der Waals surface area (Å²) in [6.45, 7) is 19.5. The van der Waals surface area contributed by atoms with Gasteiger partial charge in [0.2, 0.25) is 0 Å². The van der Waals surface area contributed by atoms with Crippen molar-refractivity contribution in [1.29, 1.82) is 0 Å². The largest absolute Gasteiger partial charge is 0.469 e. The zero-order chi connectivity index (χ0) is 40.8. The molecule has 7 nitrogen and oxygen atoms in total. The molecule has 2 aliphatic rings. The summed E-state index contributed by atoms with van der Waals surface area (Å²) in [6, 6.07) is 12.0. The predicted octanol–water partition coefficient (Wildman–Crippen LogP) is 10.0. The Bertz CT molecular complexity index is 1430. The van der Waals surface area contributed by atoms with E-state index < -0.39 is 17.0 Å². The van der Waals surface area contributed by atoms with E-state index in [1.54, 1.807) is 0 Å². The maximum atomic E-state index is 12.6. The van der Waals surface area contributed by atoms with Crippen molar-refractivity contribution in [3.8, 4) is 0 Å². The highest BCUT2D eigenvalue weighted by Gasteiger charge is 2.49. The molecule has 2 saturated carbocycles. The summed E-state index contributed by atoms with van der Waals surface area (Å²) in [5, 5.41) is 10.7. The van der Waals surface area contributed by atoms with Crippen molar-refractivity contribution in [3.63, 3.8) is 0 Å². The Morgan fingerprint density at radius 2 is 1.06 bits per heavy atom. The number of carbonyl (C=O) groups is 2. The number of aliphatic hydroxyl groups excluding tert-OH is 1. The third-order valence-corrected chi connectivity index (χ3v) is 12.9. The van der Waals surface area contributed by atoms with E-state index in [9.17, 15) is 14.7 Å². The number of hydrogen-bond donors (Lipinski definition) is 3. The number of rotatable bonds is 14. The molecule has 304 valence electrons. The molecule has 0 spiro atoms. The second kappa shape index (κ2) is 18.9. The number of hydrogen-bond acceptors (Lipinski definition) is 7. The maximum absolute atomic E-state index is 12.6. The van der Waals surface area contributed by atoms with Crippen molar-refractivity contribution in [3.05, 3.63) is 68.7 Å². The van der Waals surface area contributed by atoms with Crippen molar-refractivity contribution < 1.29 is 24.2 Å². The zero-order valence-electron chi connectivity index (χ0n) is 35.0. The molecule has 4 rings (SSSR count). The van der Waals surface area contributed by atoms with Gasteiger partial charge in [-0.2, -0.15) is 0 Å². The van der Waals surface area contributed by atoms with Gasteiger partial charge in [0.1, 0.15) is 0 Å². The van der Waals surface area contributed by atoms with E-state index in [0.29, 0.717) is 10.9 Å². The molecule has 9 heteroatoms. The van der Waals surface area contributed by atoms with Crippen LogP contribution in [0.4, 0.5) is 0 Å². The molecule has 2 aromatic rings. The van der Waals surface area contributed by atoms with Crippen LogP contribution in [0.2, 0.25) is 10.0 Å². The lowest BCUT2D eigenvalue weighted by Gasteiger charge is -2.45. The first kappa shape index (κ1) is 46.2. The van der Waals surface area contributed by atoms with Crippen LogP contribution in [0, 0.1) is 46.3 Å². The average molecular weight is 790 g/mol. The first-order chi connectivity index (χ1) is 25.0. The summed E-state index contributed by atoms with van der Waals surface area (Å²) in [5.41, 5.74) is 16.3. The van der Waals surface area contributed by atoms with Crippen molar-refractivity contribution >= 4 is 35.1 Å². The minimum absolute atomic E-state index is 0.115. The van der Waals surface area contributed by atoms with Crippen molar-refractivity contribution in [2.45, 2.75) is 131 Å². The third kappa shape index (κ3) is 11.9. The van der Waals surface area contributed by atoms with Crippen LogP contribution in [0.1, 0.15) is 130 Å². The smallest absolute Gasteiger partial charge is 0.311 e. The van der Waals surface area contributed by atoms with E-state index in [2.05, 4.69) is 54.5 Å². The standard InChI is InChI=1S/C23H36ClNO2.C22H34ClNO3/c1-7-15-12-17(13-15)20(21(26)27-6)23(5,25)18-9-8-16(19(24)14-18)10-11-22(2,3)4;1-21(2,3)9-8-15-6-7-17(12-18(15)23)22(4,24)19(20(26)27-5)16-10-14(11-16)13-25/h8-9,14-15,17,20H,7,10-13,25H2,1-6H3;6-7,12,14,16,19,25H,8-11,13,24H2,1-5H3/t15?,17?,20?,23-;14?,16?,19?,22-/m00/s1. The molecule has 0 heterocycles. The molecule has 5 N–H and O–H groups in total. The Labute approximate surface area is 336 Å². The summed E-state index contributed by atoms with van der Waals surface area (Å²) >= 11 is 13.1. The van der Waals surface area contributed by atoms with E-state index in [0.717, 1.165) is 85.1 Å². The van der Waals surface area contributed by atoms with Crippen LogP contribution < -0.4 is 11.5 Å². The summed E-state index contributed by atoms with van der Waals surface area (Å²) in [6.07, 6.45) is 8.77. The van der Waals surface area contributed by atoms with Crippen molar-refractivity contribution in [1.82, 2.24) is 0 Å². The van der Waals surface area contributed by atoms with E-state index >= 15 is 0 Å². The van der Waals surface area contributed by atoms with Gasteiger partial charge in [0.05, 0.1) is 37.1 Å². The number of nitrogens with two attached hydrogens (primary N) is 2. The number of esters is 2. The van der Waals surface area contributed by atoms with Crippen LogP contribution in [-0.4, -0.2) is 37.9 Å². The Morgan fingerprint density at radius 3 is 1.33 bits per heavy atom. The summed E-state index contributed by atoms with van der Waals surface area (Å²) in [4.78, 5) is 25.1. The number of ether oxygens (including phenoxy) is 2. The van der Waals surface area contributed by atoms with Gasteiger partial charge in [-0.15, -0.1) is 0 Å². The topological polar surface area (TPSA) is 125 Å². The van der Waals surface area contributed by atoms with Crippen LogP contribution in [-0.2, 0) is 43.0 Å². The summed E-state index contributed by atoms with van der Waals surface area (Å²) in [5.74, 6) is 0.0220. The Hall–Kier alpha value is -2.16. The Balaban J connectivity index is 0.000000290. The maximum Gasteiger partial charge on any atom is 0.311 e. The quantitative estimate of drug-likeness (QED) is 0.163. The lowest BCUT2D eigenvalue weighted by atomic mass is 9.61. The van der Waals surface area contributed by atoms with Gasteiger partial charge in [-0.1, -0.05) is 102 Å². The first-order valence-corrected chi connectivity index (χ1v) is 20.7. The molecule has 0 radical (unpaired) electrons. The average Bonchev–Trinajstić information content (AvgIpc) is 3.04. The highest BCUT2D eigenvalue weighted by atomic mass is 35.5. The van der Waals surface area contributed by atoms with Gasteiger partial charge in [-0.05, 0) is 134 Å². The second-order valence-electron chi connectivity index (χ2n) is 19.1. The molecule has 0 saturated heterocycles. The van der Waals surface area contributed by atoms with Crippen LogP contribution in [0.15, 0.2) is 36.4 Å². The van der Waals surface area contributed by atoms with Gasteiger partial charge in [-0.3, -0.25) is 9.59 Å². The number of aryl methyl sites for hydroxylation is 2. The zero-order valence-corrected chi connectivity index (χ0v) is 36.5. The fraction of sp³-hybridized carbons (Fsp3) is 0.689. The van der Waals surface area contributed by atoms with Gasteiger partial charge < -0.3 is 26.0 Å². The summed E-state index contributed by atoms with van der Waals surface area (Å²) in [7, 11) is 2.85. The summed E-state index contributed by atoms with van der Waals surface area (Å²) < 4.78 is 10.2. The Morgan fingerprint density at radius 1 is 0.704 bits per heavy atom. The Kier molecular flexibility index (Phi) is 16.1. The molecule has 0 aliphatic heterocycles. The molecular weight excluding hydrogens is 719 g/mol. The normalized spacial score (nSPS) is 23.3. The lowest BCUT2D eigenvalue weighted by Crippen LogP contribution is -2.52. The molecule has 2 aliphatic carbocycles. The van der Waals surface area contributed by atoms with Gasteiger partial charge in [0, 0.05) is 16.7 Å². The number of methoxy groups -OCH3 is 2. The number of carbonyl (C=O) groups excluding carboxylic acids is 2. The van der Waals surface area contributed by atoms with Crippen molar-refractivity contribution in [2.24, 2.45) is 57.8 Å². The minimum Gasteiger partial charge on any atom is -0.469 e. The molecule has 2 fully saturated rings. The van der Waals surface area contributed by atoms with Gasteiger partial charge in [-0.25, -0.2) is 0 Å². The molecular formula is C45H70Cl2N2O5. The fourth-order valence-corrected chi connectivity index (χ4v) is 8.81. The molecule has 0 bridgehead atoms. The monoisotopic (exact) mass is 788 g/mol. The second-order valence-corrected chi connectivity index (χ2v) is 19.9. The molecule has 54 heavy (non-hydrogen) atoms. The number of aliphatic hydroxyl groups is 1. The lowest BCUT2D eigenvalue weighted by molar-refractivity contribution is -0.154.